The third-order valence-corrected chi connectivity index (χ3v) is 3.02. The molecule has 0 radical (unpaired) electrons. The molecule has 0 aliphatic heterocycles. The van der Waals surface area contributed by atoms with Gasteiger partial charge >= 0.3 is 0 Å². The molecule has 3 aromatic rings. The third-order valence-electron chi connectivity index (χ3n) is 3.02. The van der Waals surface area contributed by atoms with Crippen molar-refractivity contribution in [3.05, 3.63) is 54.4 Å². The van der Waals surface area contributed by atoms with Gasteiger partial charge in [-0.1, -0.05) is 6.07 Å². The van der Waals surface area contributed by atoms with Crippen LogP contribution >= 0.6 is 0 Å². The fourth-order valence-corrected chi connectivity index (χ4v) is 1.91. The average Bonchev–Trinajstić information content (AvgIpc) is 3.02. The second-order valence-corrected chi connectivity index (χ2v) is 4.59. The van der Waals surface area contributed by atoms with E-state index in [4.69, 9.17) is 19.6 Å². The van der Waals surface area contributed by atoms with E-state index in [0.29, 0.717) is 23.2 Å². The van der Waals surface area contributed by atoms with Gasteiger partial charge in [0.25, 0.3) is 5.89 Å². The maximum absolute atomic E-state index is 5.69. The molecule has 6 nitrogen and oxygen atoms in total. The topological polar surface area (TPSA) is 83.4 Å². The van der Waals surface area contributed by atoms with Gasteiger partial charge in [0, 0.05) is 17.3 Å². The lowest BCUT2D eigenvalue weighted by Crippen LogP contribution is -1.96. The minimum Gasteiger partial charge on any atom is -0.497 e. The lowest BCUT2D eigenvalue weighted by molar-refractivity contribution is 0.264. The van der Waals surface area contributed by atoms with Crippen LogP contribution in [-0.2, 0) is 6.61 Å². The molecule has 6 heteroatoms. The van der Waals surface area contributed by atoms with Crippen molar-refractivity contribution in [2.75, 3.05) is 12.8 Å². The first-order valence-electron chi connectivity index (χ1n) is 6.70. The predicted octanol–water partition coefficient (Wildman–Crippen LogP) is 2.91. The van der Waals surface area contributed by atoms with E-state index >= 15 is 0 Å². The SMILES string of the molecule is COc1ccc(-c2nnc(COc3cccc(N)c3)o2)cc1. The quantitative estimate of drug-likeness (QED) is 0.729. The van der Waals surface area contributed by atoms with Crippen molar-refractivity contribution in [2.45, 2.75) is 6.61 Å². The summed E-state index contributed by atoms with van der Waals surface area (Å²) in [6.07, 6.45) is 0. The molecule has 0 saturated heterocycles. The monoisotopic (exact) mass is 297 g/mol. The van der Waals surface area contributed by atoms with Crippen LogP contribution in [0.25, 0.3) is 11.5 Å². The van der Waals surface area contributed by atoms with Crippen LogP contribution in [0.15, 0.2) is 52.9 Å². The summed E-state index contributed by atoms with van der Waals surface area (Å²) in [4.78, 5) is 0. The Hall–Kier alpha value is -3.02. The van der Waals surface area contributed by atoms with Crippen LogP contribution in [0.1, 0.15) is 5.89 Å². The zero-order valence-electron chi connectivity index (χ0n) is 12.0. The molecule has 0 spiro atoms. The summed E-state index contributed by atoms with van der Waals surface area (Å²) in [5, 5.41) is 7.98. The van der Waals surface area contributed by atoms with Gasteiger partial charge in [0.1, 0.15) is 11.5 Å². The van der Waals surface area contributed by atoms with Crippen molar-refractivity contribution in [1.29, 1.82) is 0 Å². The molecule has 0 atom stereocenters. The van der Waals surface area contributed by atoms with Gasteiger partial charge in [0.15, 0.2) is 6.61 Å². The maximum Gasteiger partial charge on any atom is 0.254 e. The number of methoxy groups -OCH3 is 1. The molecule has 2 N–H and O–H groups in total. The second-order valence-electron chi connectivity index (χ2n) is 4.59. The highest BCUT2D eigenvalue weighted by atomic mass is 16.5. The fraction of sp³-hybridized carbons (Fsp3) is 0.125. The fourth-order valence-electron chi connectivity index (χ4n) is 1.91. The van der Waals surface area contributed by atoms with Gasteiger partial charge in [-0.25, -0.2) is 0 Å². The first-order valence-corrected chi connectivity index (χ1v) is 6.70. The number of aromatic nitrogens is 2. The molecular formula is C16H15N3O3. The highest BCUT2D eigenvalue weighted by Crippen LogP contribution is 2.22. The van der Waals surface area contributed by atoms with Crippen LogP contribution < -0.4 is 15.2 Å². The van der Waals surface area contributed by atoms with Crippen molar-refractivity contribution in [1.82, 2.24) is 10.2 Å². The van der Waals surface area contributed by atoms with E-state index < -0.39 is 0 Å². The minimum absolute atomic E-state index is 0.187. The first kappa shape index (κ1) is 13.9. The highest BCUT2D eigenvalue weighted by Gasteiger charge is 2.09. The third kappa shape index (κ3) is 3.17. The molecule has 22 heavy (non-hydrogen) atoms. The zero-order chi connectivity index (χ0) is 15.4. The lowest BCUT2D eigenvalue weighted by atomic mass is 10.2. The van der Waals surface area contributed by atoms with Gasteiger partial charge in [0.2, 0.25) is 5.89 Å². The molecule has 112 valence electrons. The number of ether oxygens (including phenoxy) is 2. The standard InChI is InChI=1S/C16H15N3O3/c1-20-13-7-5-11(6-8-13)16-19-18-15(22-16)10-21-14-4-2-3-12(17)9-14/h2-9H,10,17H2,1H3. The molecule has 1 aromatic heterocycles. The second kappa shape index (κ2) is 6.17. The molecule has 0 amide bonds. The number of hydrogen-bond donors (Lipinski definition) is 1. The van der Waals surface area contributed by atoms with E-state index in [9.17, 15) is 0 Å². The zero-order valence-corrected chi connectivity index (χ0v) is 12.0. The van der Waals surface area contributed by atoms with E-state index in [2.05, 4.69) is 10.2 Å². The van der Waals surface area contributed by atoms with Crippen LogP contribution in [0.4, 0.5) is 5.69 Å². The van der Waals surface area contributed by atoms with Crippen LogP contribution in [0, 0.1) is 0 Å². The number of anilines is 1. The van der Waals surface area contributed by atoms with Gasteiger partial charge in [-0.2, -0.15) is 0 Å². The van der Waals surface area contributed by atoms with Crippen molar-refractivity contribution >= 4 is 5.69 Å². The molecule has 0 aliphatic rings. The average molecular weight is 297 g/mol. The number of rotatable bonds is 5. The normalized spacial score (nSPS) is 10.4. The lowest BCUT2D eigenvalue weighted by Gasteiger charge is -2.03. The van der Waals surface area contributed by atoms with Gasteiger partial charge in [-0.05, 0) is 36.4 Å². The molecule has 3 rings (SSSR count). The van der Waals surface area contributed by atoms with Gasteiger partial charge in [-0.15, -0.1) is 10.2 Å². The van der Waals surface area contributed by atoms with E-state index in [1.54, 1.807) is 19.2 Å². The number of nitrogen functional groups attached to an aromatic ring is 1. The molecule has 0 aliphatic carbocycles. The van der Waals surface area contributed by atoms with E-state index in [-0.39, 0.29) is 6.61 Å². The summed E-state index contributed by atoms with van der Waals surface area (Å²) in [5.74, 6) is 2.26. The Balaban J connectivity index is 1.68. The molecule has 0 fully saturated rings. The van der Waals surface area contributed by atoms with Crippen LogP contribution in [0.5, 0.6) is 11.5 Å². The molecule has 0 saturated carbocycles. The summed E-state index contributed by atoms with van der Waals surface area (Å²) in [6, 6.07) is 14.6. The van der Waals surface area contributed by atoms with E-state index in [1.165, 1.54) is 0 Å². The summed E-state index contributed by atoms with van der Waals surface area (Å²) < 4.78 is 16.2. The van der Waals surface area contributed by atoms with Crippen molar-refractivity contribution in [2.24, 2.45) is 0 Å². The van der Waals surface area contributed by atoms with Gasteiger partial charge in [-0.3, -0.25) is 0 Å². The van der Waals surface area contributed by atoms with Crippen LogP contribution in [0.3, 0.4) is 0 Å². The highest BCUT2D eigenvalue weighted by molar-refractivity contribution is 5.53. The Morgan fingerprint density at radius 2 is 1.86 bits per heavy atom. The van der Waals surface area contributed by atoms with Crippen molar-refractivity contribution in [3.63, 3.8) is 0 Å². The number of nitrogens with zero attached hydrogens (tertiary/aromatic N) is 2. The van der Waals surface area contributed by atoms with E-state index in [0.717, 1.165) is 11.3 Å². The van der Waals surface area contributed by atoms with Crippen molar-refractivity contribution in [3.8, 4) is 23.0 Å². The summed E-state index contributed by atoms with van der Waals surface area (Å²) in [5.41, 5.74) is 7.15. The smallest absolute Gasteiger partial charge is 0.254 e. The Labute approximate surface area is 127 Å². The minimum atomic E-state index is 0.187. The number of nitrogens with two attached hydrogens (primary N) is 1. The largest absolute Gasteiger partial charge is 0.497 e. The molecule has 2 aromatic carbocycles. The summed E-state index contributed by atoms with van der Waals surface area (Å²) in [7, 11) is 1.62. The molecule has 1 heterocycles. The van der Waals surface area contributed by atoms with Crippen LogP contribution in [-0.4, -0.2) is 17.3 Å². The maximum atomic E-state index is 5.69. The molecule has 0 unspecified atom stereocenters. The summed E-state index contributed by atoms with van der Waals surface area (Å²) in [6.45, 7) is 0.187. The Bertz CT molecular complexity index is 753. The first-order chi connectivity index (χ1) is 10.7. The van der Waals surface area contributed by atoms with Gasteiger partial charge < -0.3 is 19.6 Å². The Morgan fingerprint density at radius 1 is 1.05 bits per heavy atom. The number of hydrogen-bond acceptors (Lipinski definition) is 6. The summed E-state index contributed by atoms with van der Waals surface area (Å²) >= 11 is 0. The van der Waals surface area contributed by atoms with Crippen molar-refractivity contribution < 1.29 is 13.9 Å². The predicted molar refractivity (Wildman–Crippen MR) is 81.5 cm³/mol. The van der Waals surface area contributed by atoms with Crippen LogP contribution in [0.2, 0.25) is 0 Å². The molecular weight excluding hydrogens is 282 g/mol. The van der Waals surface area contributed by atoms with E-state index in [1.807, 2.05) is 36.4 Å². The Kier molecular flexibility index (Phi) is 3.91. The van der Waals surface area contributed by atoms with Gasteiger partial charge in [0.05, 0.1) is 7.11 Å². The Morgan fingerprint density at radius 3 is 2.59 bits per heavy atom. The number of benzene rings is 2. The molecule has 0 bridgehead atoms.